The molecule has 3 heteroatoms. The van der Waals surface area contributed by atoms with Crippen LogP contribution in [0, 0.1) is 13.8 Å². The molecule has 0 fully saturated rings. The molecule has 1 amide bonds. The molecule has 0 unspecified atom stereocenters. The third-order valence-electron chi connectivity index (χ3n) is 3.63. The van der Waals surface area contributed by atoms with Crippen molar-refractivity contribution < 1.29 is 4.79 Å². The first-order valence-corrected chi connectivity index (χ1v) is 6.88. The van der Waals surface area contributed by atoms with E-state index in [1.807, 2.05) is 12.1 Å². The fourth-order valence-electron chi connectivity index (χ4n) is 2.51. The van der Waals surface area contributed by atoms with Crippen LogP contribution in [0.3, 0.4) is 0 Å². The van der Waals surface area contributed by atoms with E-state index >= 15 is 0 Å². The molecular weight excluding hydrogens is 248 g/mol. The Morgan fingerprint density at radius 2 is 1.70 bits per heavy atom. The molecule has 2 aromatic rings. The van der Waals surface area contributed by atoms with Gasteiger partial charge in [-0.15, -0.1) is 0 Å². The first-order chi connectivity index (χ1) is 9.63. The van der Waals surface area contributed by atoms with Crippen molar-refractivity contribution in [2.45, 2.75) is 20.3 Å². The summed E-state index contributed by atoms with van der Waals surface area (Å²) in [6.45, 7) is 4.85. The number of amides is 1. The Bertz CT molecular complexity index is 647. The molecule has 1 N–H and O–H groups in total. The molecule has 0 saturated carbocycles. The van der Waals surface area contributed by atoms with Crippen molar-refractivity contribution in [3.63, 3.8) is 0 Å². The van der Waals surface area contributed by atoms with E-state index in [-0.39, 0.29) is 5.91 Å². The monoisotopic (exact) mass is 266 g/mol. The van der Waals surface area contributed by atoms with Gasteiger partial charge in [-0.1, -0.05) is 23.8 Å². The van der Waals surface area contributed by atoms with Crippen LogP contribution < -0.4 is 10.2 Å². The number of carbonyl (C=O) groups excluding carboxylic acids is 1. The zero-order valence-electron chi connectivity index (χ0n) is 11.8. The lowest BCUT2D eigenvalue weighted by molar-refractivity contribution is -0.115. The third kappa shape index (κ3) is 2.39. The Kier molecular flexibility index (Phi) is 3.18. The number of benzene rings is 2. The van der Waals surface area contributed by atoms with E-state index < -0.39 is 0 Å². The van der Waals surface area contributed by atoms with Gasteiger partial charge in [0.15, 0.2) is 0 Å². The van der Waals surface area contributed by atoms with Gasteiger partial charge in [-0.05, 0) is 43.7 Å². The minimum atomic E-state index is 0.0738. The average Bonchev–Trinajstić information content (AvgIpc) is 2.58. The number of nitrogens with zero attached hydrogens (tertiary/aromatic N) is 1. The Morgan fingerprint density at radius 3 is 2.45 bits per heavy atom. The largest absolute Gasteiger partial charge is 0.339 e. The first-order valence-electron chi connectivity index (χ1n) is 6.88. The van der Waals surface area contributed by atoms with Gasteiger partial charge in [0, 0.05) is 18.7 Å². The maximum Gasteiger partial charge on any atom is 0.226 e. The van der Waals surface area contributed by atoms with Crippen molar-refractivity contribution in [1.29, 1.82) is 0 Å². The van der Waals surface area contributed by atoms with E-state index in [4.69, 9.17) is 0 Å². The summed E-state index contributed by atoms with van der Waals surface area (Å²) in [5.41, 5.74) is 5.51. The number of carbonyl (C=O) groups is 1. The summed E-state index contributed by atoms with van der Waals surface area (Å²) in [4.78, 5) is 14.0. The van der Waals surface area contributed by atoms with E-state index in [0.717, 1.165) is 17.1 Å². The summed E-state index contributed by atoms with van der Waals surface area (Å²) in [5, 5.41) is 2.98. The molecular formula is C17H18N2O. The molecule has 0 radical (unpaired) electrons. The van der Waals surface area contributed by atoms with Crippen LogP contribution in [0.15, 0.2) is 42.5 Å². The predicted octanol–water partition coefficient (Wildman–Crippen LogP) is 3.78. The number of anilines is 3. The van der Waals surface area contributed by atoms with Crippen molar-refractivity contribution >= 4 is 23.0 Å². The molecule has 0 aromatic heterocycles. The number of hydrogen-bond acceptors (Lipinski definition) is 2. The number of nitrogens with one attached hydrogen (secondary N) is 1. The van der Waals surface area contributed by atoms with E-state index in [1.165, 1.54) is 11.1 Å². The lowest BCUT2D eigenvalue weighted by atomic mass is 10.1. The Balaban J connectivity index is 2.09. The molecule has 1 heterocycles. The quantitative estimate of drug-likeness (QED) is 0.851. The average molecular weight is 266 g/mol. The topological polar surface area (TPSA) is 32.3 Å². The molecule has 3 rings (SSSR count). The highest BCUT2D eigenvalue weighted by atomic mass is 16.1. The van der Waals surface area contributed by atoms with Gasteiger partial charge in [-0.25, -0.2) is 0 Å². The highest BCUT2D eigenvalue weighted by molar-refractivity contribution is 5.97. The first kappa shape index (κ1) is 12.7. The second-order valence-electron chi connectivity index (χ2n) is 5.31. The summed E-state index contributed by atoms with van der Waals surface area (Å²) in [6, 6.07) is 14.6. The number of aryl methyl sites for hydroxylation is 2. The number of fused-ring (bicyclic) bond motifs is 1. The predicted molar refractivity (Wildman–Crippen MR) is 82.6 cm³/mol. The van der Waals surface area contributed by atoms with Crippen LogP contribution in [0.5, 0.6) is 0 Å². The van der Waals surface area contributed by atoms with Gasteiger partial charge in [-0.3, -0.25) is 4.79 Å². The standard InChI is InChI=1S/C17H18N2O/c1-12-3-6-14(7-4-12)19-10-9-17(20)18-15-8-5-13(2)11-16(15)19/h3-8,11H,9-10H2,1-2H3,(H,18,20). The second-order valence-corrected chi connectivity index (χ2v) is 5.31. The van der Waals surface area contributed by atoms with Crippen LogP contribution in [-0.2, 0) is 4.79 Å². The van der Waals surface area contributed by atoms with Crippen molar-refractivity contribution in [2.75, 3.05) is 16.8 Å². The number of rotatable bonds is 1. The molecule has 0 aliphatic carbocycles. The smallest absolute Gasteiger partial charge is 0.226 e. The second kappa shape index (κ2) is 5.00. The van der Waals surface area contributed by atoms with Gasteiger partial charge in [0.2, 0.25) is 5.91 Å². The SMILES string of the molecule is Cc1ccc(N2CCC(=O)Nc3ccc(C)cc32)cc1. The fraction of sp³-hybridized carbons (Fsp3) is 0.235. The van der Waals surface area contributed by atoms with E-state index in [9.17, 15) is 4.79 Å². The van der Waals surface area contributed by atoms with Crippen molar-refractivity contribution in [3.8, 4) is 0 Å². The minimum absolute atomic E-state index is 0.0738. The zero-order chi connectivity index (χ0) is 14.1. The lowest BCUT2D eigenvalue weighted by Gasteiger charge is -2.24. The summed E-state index contributed by atoms with van der Waals surface area (Å²) in [5.74, 6) is 0.0738. The van der Waals surface area contributed by atoms with E-state index in [1.54, 1.807) is 0 Å². The van der Waals surface area contributed by atoms with Crippen molar-refractivity contribution in [1.82, 2.24) is 0 Å². The molecule has 20 heavy (non-hydrogen) atoms. The molecule has 2 aromatic carbocycles. The van der Waals surface area contributed by atoms with Crippen LogP contribution in [0.4, 0.5) is 17.1 Å². The minimum Gasteiger partial charge on any atom is -0.339 e. The third-order valence-corrected chi connectivity index (χ3v) is 3.63. The normalized spacial score (nSPS) is 14.5. The fourth-order valence-corrected chi connectivity index (χ4v) is 2.51. The molecule has 1 aliphatic rings. The van der Waals surface area contributed by atoms with Gasteiger partial charge in [0.05, 0.1) is 11.4 Å². The molecule has 0 saturated heterocycles. The lowest BCUT2D eigenvalue weighted by Crippen LogP contribution is -2.18. The maximum absolute atomic E-state index is 11.8. The summed E-state index contributed by atoms with van der Waals surface area (Å²) in [6.07, 6.45) is 0.502. The van der Waals surface area contributed by atoms with E-state index in [2.05, 4.69) is 54.4 Å². The van der Waals surface area contributed by atoms with Crippen molar-refractivity contribution in [3.05, 3.63) is 53.6 Å². The highest BCUT2D eigenvalue weighted by Crippen LogP contribution is 2.35. The van der Waals surface area contributed by atoms with Crippen LogP contribution in [0.25, 0.3) is 0 Å². The highest BCUT2D eigenvalue weighted by Gasteiger charge is 2.20. The van der Waals surface area contributed by atoms with E-state index in [0.29, 0.717) is 13.0 Å². The van der Waals surface area contributed by atoms with Gasteiger partial charge in [-0.2, -0.15) is 0 Å². The van der Waals surface area contributed by atoms with Gasteiger partial charge in [0.25, 0.3) is 0 Å². The molecule has 0 atom stereocenters. The molecule has 0 bridgehead atoms. The van der Waals surface area contributed by atoms with Crippen LogP contribution >= 0.6 is 0 Å². The number of hydrogen-bond donors (Lipinski definition) is 1. The maximum atomic E-state index is 11.8. The summed E-state index contributed by atoms with van der Waals surface area (Å²) >= 11 is 0. The molecule has 3 nitrogen and oxygen atoms in total. The molecule has 1 aliphatic heterocycles. The molecule has 102 valence electrons. The van der Waals surface area contributed by atoms with Gasteiger partial charge >= 0.3 is 0 Å². The van der Waals surface area contributed by atoms with Crippen LogP contribution in [-0.4, -0.2) is 12.5 Å². The van der Waals surface area contributed by atoms with Crippen LogP contribution in [0.2, 0.25) is 0 Å². The van der Waals surface area contributed by atoms with Crippen LogP contribution in [0.1, 0.15) is 17.5 Å². The molecule has 0 spiro atoms. The van der Waals surface area contributed by atoms with Gasteiger partial charge < -0.3 is 10.2 Å². The van der Waals surface area contributed by atoms with Gasteiger partial charge in [0.1, 0.15) is 0 Å². The zero-order valence-corrected chi connectivity index (χ0v) is 11.8. The Labute approximate surface area is 119 Å². The Hall–Kier alpha value is -2.29. The summed E-state index contributed by atoms with van der Waals surface area (Å²) < 4.78 is 0. The van der Waals surface area contributed by atoms with Crippen molar-refractivity contribution in [2.24, 2.45) is 0 Å². The Morgan fingerprint density at radius 1 is 1.00 bits per heavy atom. The summed E-state index contributed by atoms with van der Waals surface area (Å²) in [7, 11) is 0.